The van der Waals surface area contributed by atoms with E-state index in [1.165, 1.54) is 14.2 Å². The summed E-state index contributed by atoms with van der Waals surface area (Å²) in [6.07, 6.45) is 0.473. The minimum absolute atomic E-state index is 0.218. The van der Waals surface area contributed by atoms with Crippen LogP contribution in [0.4, 0.5) is 5.69 Å². The molecule has 96 valence electrons. The summed E-state index contributed by atoms with van der Waals surface area (Å²) in [5.41, 5.74) is 0.436. The molecule has 1 aliphatic rings. The van der Waals surface area contributed by atoms with Crippen molar-refractivity contribution < 1.29 is 19.1 Å². The second-order valence-electron chi connectivity index (χ2n) is 3.78. The summed E-state index contributed by atoms with van der Waals surface area (Å²) in [4.78, 5) is 24.7. The highest BCUT2D eigenvalue weighted by Crippen LogP contribution is 2.41. The molecule has 0 unspecified atom stereocenters. The summed E-state index contributed by atoms with van der Waals surface area (Å²) >= 11 is 3.34. The van der Waals surface area contributed by atoms with E-state index >= 15 is 0 Å². The number of anilines is 1. The van der Waals surface area contributed by atoms with Gasteiger partial charge in [0.05, 0.1) is 14.2 Å². The Morgan fingerprint density at radius 2 is 1.72 bits per heavy atom. The van der Waals surface area contributed by atoms with Crippen molar-refractivity contribution in [3.8, 4) is 11.5 Å². The average Bonchev–Trinajstić information content (AvgIpc) is 2.68. The predicted molar refractivity (Wildman–Crippen MR) is 69.0 cm³/mol. The normalized spacial score (nSPS) is 15.2. The summed E-state index contributed by atoms with van der Waals surface area (Å²) in [6.45, 7) is 0. The van der Waals surface area contributed by atoms with Crippen LogP contribution in [-0.4, -0.2) is 26.0 Å². The third-order valence-electron chi connectivity index (χ3n) is 2.73. The molecule has 1 fully saturated rings. The van der Waals surface area contributed by atoms with Crippen LogP contribution in [0.1, 0.15) is 12.8 Å². The summed E-state index contributed by atoms with van der Waals surface area (Å²) in [5, 5.41) is 0. The minimum atomic E-state index is -0.218. The maximum absolute atomic E-state index is 11.8. The highest BCUT2D eigenvalue weighted by atomic mass is 79.9. The van der Waals surface area contributed by atoms with E-state index in [-0.39, 0.29) is 24.7 Å². The van der Waals surface area contributed by atoms with Crippen molar-refractivity contribution in [1.82, 2.24) is 0 Å². The van der Waals surface area contributed by atoms with Crippen molar-refractivity contribution in [2.45, 2.75) is 12.8 Å². The first kappa shape index (κ1) is 12.9. The topological polar surface area (TPSA) is 55.8 Å². The fourth-order valence-corrected chi connectivity index (χ4v) is 2.46. The van der Waals surface area contributed by atoms with Gasteiger partial charge in [0.2, 0.25) is 11.8 Å². The molecule has 1 aromatic carbocycles. The molecule has 0 atom stereocenters. The van der Waals surface area contributed by atoms with Gasteiger partial charge in [0, 0.05) is 23.4 Å². The number of carbonyl (C=O) groups excluding carboxylic acids is 2. The van der Waals surface area contributed by atoms with Crippen LogP contribution in [0.5, 0.6) is 11.5 Å². The van der Waals surface area contributed by atoms with Crippen molar-refractivity contribution >= 4 is 33.4 Å². The molecular weight excluding hydrogens is 302 g/mol. The molecule has 0 spiro atoms. The fourth-order valence-electron chi connectivity index (χ4n) is 1.87. The van der Waals surface area contributed by atoms with E-state index in [0.29, 0.717) is 21.7 Å². The third-order valence-corrected chi connectivity index (χ3v) is 3.34. The smallest absolute Gasteiger partial charge is 0.234 e. The van der Waals surface area contributed by atoms with Gasteiger partial charge < -0.3 is 9.47 Å². The molecular formula is C12H12BrNO4. The number of rotatable bonds is 3. The Kier molecular flexibility index (Phi) is 3.56. The molecule has 1 saturated heterocycles. The lowest BCUT2D eigenvalue weighted by molar-refractivity contribution is -0.121. The summed E-state index contributed by atoms with van der Waals surface area (Å²) in [5.74, 6) is 0.569. The van der Waals surface area contributed by atoms with Crippen molar-refractivity contribution in [2.24, 2.45) is 0 Å². The lowest BCUT2D eigenvalue weighted by Crippen LogP contribution is -2.29. The molecule has 2 rings (SSSR count). The van der Waals surface area contributed by atoms with Crippen molar-refractivity contribution in [2.75, 3.05) is 19.1 Å². The average molecular weight is 314 g/mol. The van der Waals surface area contributed by atoms with E-state index in [1.54, 1.807) is 12.1 Å². The third kappa shape index (κ3) is 2.08. The molecule has 0 bridgehead atoms. The Hall–Kier alpha value is -1.56. The Balaban J connectivity index is 2.56. The van der Waals surface area contributed by atoms with Gasteiger partial charge in [-0.1, -0.05) is 0 Å². The molecule has 6 heteroatoms. The van der Waals surface area contributed by atoms with Gasteiger partial charge in [-0.3, -0.25) is 9.59 Å². The maximum Gasteiger partial charge on any atom is 0.234 e. The molecule has 0 saturated carbocycles. The largest absolute Gasteiger partial charge is 0.497 e. The lowest BCUT2D eigenvalue weighted by atomic mass is 10.2. The first-order chi connectivity index (χ1) is 8.58. The Bertz CT molecular complexity index is 499. The first-order valence-corrected chi connectivity index (χ1v) is 6.15. The zero-order valence-corrected chi connectivity index (χ0v) is 11.6. The Morgan fingerprint density at radius 1 is 1.11 bits per heavy atom. The van der Waals surface area contributed by atoms with E-state index in [9.17, 15) is 9.59 Å². The van der Waals surface area contributed by atoms with Crippen LogP contribution in [0.3, 0.4) is 0 Å². The number of imide groups is 1. The van der Waals surface area contributed by atoms with Gasteiger partial charge in [0.15, 0.2) is 0 Å². The first-order valence-electron chi connectivity index (χ1n) is 5.35. The molecule has 0 aromatic heterocycles. The van der Waals surface area contributed by atoms with Crippen LogP contribution in [0.15, 0.2) is 16.6 Å². The zero-order valence-electron chi connectivity index (χ0n) is 10.0. The summed E-state index contributed by atoms with van der Waals surface area (Å²) in [7, 11) is 3.02. The van der Waals surface area contributed by atoms with E-state index in [2.05, 4.69) is 15.9 Å². The summed E-state index contributed by atoms with van der Waals surface area (Å²) < 4.78 is 10.9. The van der Waals surface area contributed by atoms with Gasteiger partial charge in [-0.05, 0) is 22.0 Å². The van der Waals surface area contributed by atoms with Gasteiger partial charge >= 0.3 is 0 Å². The van der Waals surface area contributed by atoms with E-state index < -0.39 is 0 Å². The van der Waals surface area contributed by atoms with E-state index in [4.69, 9.17) is 9.47 Å². The van der Waals surface area contributed by atoms with E-state index in [1.807, 2.05) is 0 Å². The maximum atomic E-state index is 11.8. The number of halogens is 1. The number of ether oxygens (including phenoxy) is 2. The van der Waals surface area contributed by atoms with Gasteiger partial charge in [-0.15, -0.1) is 0 Å². The molecule has 0 aliphatic carbocycles. The fraction of sp³-hybridized carbons (Fsp3) is 0.333. The molecule has 1 aliphatic heterocycles. The number of benzene rings is 1. The van der Waals surface area contributed by atoms with Gasteiger partial charge in [-0.2, -0.15) is 0 Å². The van der Waals surface area contributed by atoms with Crippen molar-refractivity contribution in [3.05, 3.63) is 16.6 Å². The van der Waals surface area contributed by atoms with Crippen molar-refractivity contribution in [1.29, 1.82) is 0 Å². The quantitative estimate of drug-likeness (QED) is 0.802. The number of nitrogens with zero attached hydrogens (tertiary/aromatic N) is 1. The number of hydrogen-bond acceptors (Lipinski definition) is 4. The molecule has 2 amide bonds. The molecule has 1 heterocycles. The molecule has 0 radical (unpaired) electrons. The van der Waals surface area contributed by atoms with Crippen LogP contribution in [0.2, 0.25) is 0 Å². The Labute approximate surface area is 113 Å². The second-order valence-corrected chi connectivity index (χ2v) is 4.64. The monoisotopic (exact) mass is 313 g/mol. The van der Waals surface area contributed by atoms with Crippen LogP contribution in [-0.2, 0) is 9.59 Å². The van der Waals surface area contributed by atoms with Gasteiger partial charge in [-0.25, -0.2) is 4.90 Å². The van der Waals surface area contributed by atoms with Crippen LogP contribution >= 0.6 is 15.9 Å². The van der Waals surface area contributed by atoms with Gasteiger partial charge in [0.25, 0.3) is 0 Å². The van der Waals surface area contributed by atoms with E-state index in [0.717, 1.165) is 4.90 Å². The number of amides is 2. The molecule has 0 N–H and O–H groups in total. The number of hydrogen-bond donors (Lipinski definition) is 0. The van der Waals surface area contributed by atoms with Crippen LogP contribution in [0, 0.1) is 0 Å². The van der Waals surface area contributed by atoms with Crippen LogP contribution in [0.25, 0.3) is 0 Å². The minimum Gasteiger partial charge on any atom is -0.497 e. The summed E-state index contributed by atoms with van der Waals surface area (Å²) in [6, 6.07) is 3.33. The molecule has 1 aromatic rings. The highest BCUT2D eigenvalue weighted by molar-refractivity contribution is 9.10. The van der Waals surface area contributed by atoms with Crippen molar-refractivity contribution in [3.63, 3.8) is 0 Å². The lowest BCUT2D eigenvalue weighted by Gasteiger charge is -2.19. The highest BCUT2D eigenvalue weighted by Gasteiger charge is 2.34. The number of carbonyl (C=O) groups is 2. The SMILES string of the molecule is COc1cc(Br)c(N2C(=O)CCC2=O)c(OC)c1. The molecule has 5 nitrogen and oxygen atoms in total. The number of methoxy groups -OCH3 is 2. The predicted octanol–water partition coefficient (Wildman–Crippen LogP) is 2.12. The Morgan fingerprint density at radius 3 is 2.22 bits per heavy atom. The second kappa shape index (κ2) is 4.97. The molecule has 18 heavy (non-hydrogen) atoms. The zero-order chi connectivity index (χ0) is 13.3. The van der Waals surface area contributed by atoms with Gasteiger partial charge in [0.1, 0.15) is 17.2 Å². The standard InChI is InChI=1S/C12H12BrNO4/c1-17-7-5-8(13)12(9(6-7)18-2)14-10(15)3-4-11(14)16/h5-6H,3-4H2,1-2H3. The van der Waals surface area contributed by atoms with Crippen LogP contribution < -0.4 is 14.4 Å².